The number of hydrogen-bond acceptors (Lipinski definition) is 7. The molecular weight excluding hydrogens is 428 g/mol. The number of carbonyl (C=O) groups is 1. The number of amides is 1. The average molecular weight is 453 g/mol. The Morgan fingerprint density at radius 3 is 2.75 bits per heavy atom. The van der Waals surface area contributed by atoms with E-state index in [1.54, 1.807) is 32.4 Å². The van der Waals surface area contributed by atoms with E-state index in [0.29, 0.717) is 28.8 Å². The van der Waals surface area contributed by atoms with Gasteiger partial charge in [-0.05, 0) is 24.3 Å². The molecule has 0 aliphatic heterocycles. The molecule has 1 amide bonds. The van der Waals surface area contributed by atoms with E-state index in [1.807, 2.05) is 35.9 Å². The van der Waals surface area contributed by atoms with E-state index in [2.05, 4.69) is 25.5 Å². The summed E-state index contributed by atoms with van der Waals surface area (Å²) in [6, 6.07) is 13.2. The molecule has 9 nitrogen and oxygen atoms in total. The molecule has 0 saturated carbocycles. The fraction of sp³-hybridized carbons (Fsp3) is 0.273. The lowest BCUT2D eigenvalue weighted by Gasteiger charge is -2.11. The normalized spacial score (nSPS) is 11.0. The highest BCUT2D eigenvalue weighted by molar-refractivity contribution is 7.99. The van der Waals surface area contributed by atoms with Gasteiger partial charge in [0.2, 0.25) is 5.91 Å². The van der Waals surface area contributed by atoms with Gasteiger partial charge < -0.3 is 24.3 Å². The third kappa shape index (κ3) is 4.86. The van der Waals surface area contributed by atoms with Crippen molar-refractivity contribution in [1.29, 1.82) is 0 Å². The first-order chi connectivity index (χ1) is 15.6. The van der Waals surface area contributed by atoms with Crippen LogP contribution in [0.5, 0.6) is 11.5 Å². The topological polar surface area (TPSA) is 107 Å². The Morgan fingerprint density at radius 1 is 1.12 bits per heavy atom. The molecule has 32 heavy (non-hydrogen) atoms. The van der Waals surface area contributed by atoms with Crippen molar-refractivity contribution in [2.75, 3.05) is 25.3 Å². The zero-order valence-corrected chi connectivity index (χ0v) is 18.9. The number of ether oxygens (including phenoxy) is 2. The number of aryl methyl sites for hydroxylation is 2. The number of nitrogens with zero attached hydrogens (tertiary/aromatic N) is 4. The van der Waals surface area contributed by atoms with Crippen molar-refractivity contribution in [1.82, 2.24) is 24.7 Å². The molecule has 0 aliphatic carbocycles. The number of carbonyl (C=O) groups excluding carboxylic acids is 1. The number of aromatic amines is 1. The minimum atomic E-state index is -0.162. The van der Waals surface area contributed by atoms with Gasteiger partial charge in [-0.1, -0.05) is 23.9 Å². The molecule has 0 radical (unpaired) electrons. The highest BCUT2D eigenvalue weighted by Gasteiger charge is 2.14. The summed E-state index contributed by atoms with van der Waals surface area (Å²) < 4.78 is 12.4. The maximum absolute atomic E-state index is 12.4. The molecule has 2 heterocycles. The van der Waals surface area contributed by atoms with Crippen LogP contribution in [0, 0.1) is 0 Å². The number of benzene rings is 2. The van der Waals surface area contributed by atoms with Crippen LogP contribution >= 0.6 is 11.8 Å². The van der Waals surface area contributed by atoms with Crippen molar-refractivity contribution >= 4 is 34.4 Å². The van der Waals surface area contributed by atoms with Crippen molar-refractivity contribution in [3.05, 3.63) is 54.1 Å². The summed E-state index contributed by atoms with van der Waals surface area (Å²) in [5.41, 5.74) is 2.57. The summed E-state index contributed by atoms with van der Waals surface area (Å²) in [5.74, 6) is 2.98. The SMILES string of the molecule is COc1ccc(NC(=O)CSc2nnc(CCc3nc4ccccc4[nH]3)n2C)c(OC)c1. The number of aromatic nitrogens is 5. The Bertz CT molecular complexity index is 1200. The van der Waals surface area contributed by atoms with E-state index >= 15 is 0 Å². The Hall–Kier alpha value is -3.53. The van der Waals surface area contributed by atoms with Crippen LogP contribution in [0.1, 0.15) is 11.6 Å². The molecule has 2 aromatic carbocycles. The van der Waals surface area contributed by atoms with E-state index in [9.17, 15) is 4.79 Å². The van der Waals surface area contributed by atoms with Gasteiger partial charge in [0.25, 0.3) is 0 Å². The lowest BCUT2D eigenvalue weighted by molar-refractivity contribution is -0.113. The van der Waals surface area contributed by atoms with Crippen LogP contribution in [-0.4, -0.2) is 50.6 Å². The average Bonchev–Trinajstić information content (AvgIpc) is 3.39. The van der Waals surface area contributed by atoms with Crippen molar-refractivity contribution in [3.63, 3.8) is 0 Å². The molecule has 0 fully saturated rings. The third-order valence-corrected chi connectivity index (χ3v) is 5.98. The largest absolute Gasteiger partial charge is 0.497 e. The molecular formula is C22H24N6O3S. The van der Waals surface area contributed by atoms with Crippen LogP contribution in [0.4, 0.5) is 5.69 Å². The standard InChI is InChI=1S/C22H24N6O3S/c1-28-20(11-10-19-23-15-6-4-5-7-16(15)24-19)26-27-22(28)32-13-21(29)25-17-9-8-14(30-2)12-18(17)31-3/h4-9,12H,10-11,13H2,1-3H3,(H,23,24)(H,25,29). The Balaban J connectivity index is 1.33. The zero-order valence-electron chi connectivity index (χ0n) is 18.1. The number of methoxy groups -OCH3 is 2. The van der Waals surface area contributed by atoms with Gasteiger partial charge in [0, 0.05) is 26.0 Å². The fourth-order valence-electron chi connectivity index (χ4n) is 3.26. The quantitative estimate of drug-likeness (QED) is 0.376. The highest BCUT2D eigenvalue weighted by Crippen LogP contribution is 2.29. The van der Waals surface area contributed by atoms with Gasteiger partial charge in [0.05, 0.1) is 36.7 Å². The number of H-pyrrole nitrogens is 1. The predicted octanol–water partition coefficient (Wildman–Crippen LogP) is 3.22. The molecule has 4 aromatic rings. The van der Waals surface area contributed by atoms with Crippen LogP contribution in [0.2, 0.25) is 0 Å². The van der Waals surface area contributed by atoms with Crippen LogP contribution in [0.3, 0.4) is 0 Å². The van der Waals surface area contributed by atoms with Gasteiger partial charge in [0.1, 0.15) is 23.1 Å². The lowest BCUT2D eigenvalue weighted by atomic mass is 10.2. The van der Waals surface area contributed by atoms with Gasteiger partial charge in [-0.2, -0.15) is 0 Å². The van der Waals surface area contributed by atoms with Crippen LogP contribution in [0.15, 0.2) is 47.6 Å². The second-order valence-corrected chi connectivity index (χ2v) is 8.00. The Labute approximate surface area is 189 Å². The van der Waals surface area contributed by atoms with E-state index < -0.39 is 0 Å². The predicted molar refractivity (Wildman–Crippen MR) is 123 cm³/mol. The molecule has 0 aliphatic rings. The molecule has 2 N–H and O–H groups in total. The van der Waals surface area contributed by atoms with Crippen molar-refractivity contribution < 1.29 is 14.3 Å². The van der Waals surface area contributed by atoms with Crippen molar-refractivity contribution in [3.8, 4) is 11.5 Å². The van der Waals surface area contributed by atoms with E-state index in [0.717, 1.165) is 29.1 Å². The molecule has 4 rings (SSSR count). The van der Waals surface area contributed by atoms with Gasteiger partial charge in [-0.3, -0.25) is 4.79 Å². The Kier molecular flexibility index (Phi) is 6.60. The maximum atomic E-state index is 12.4. The first-order valence-corrected chi connectivity index (χ1v) is 11.0. The minimum absolute atomic E-state index is 0.162. The van der Waals surface area contributed by atoms with Crippen molar-refractivity contribution in [2.45, 2.75) is 18.0 Å². The molecule has 2 aromatic heterocycles. The summed E-state index contributed by atoms with van der Waals surface area (Å²) in [7, 11) is 5.03. The number of anilines is 1. The zero-order chi connectivity index (χ0) is 22.5. The number of thioether (sulfide) groups is 1. The minimum Gasteiger partial charge on any atom is -0.497 e. The first-order valence-electron chi connectivity index (χ1n) is 10.0. The van der Waals surface area contributed by atoms with Crippen LogP contribution < -0.4 is 14.8 Å². The lowest BCUT2D eigenvalue weighted by Crippen LogP contribution is -2.15. The van der Waals surface area contributed by atoms with Crippen molar-refractivity contribution in [2.24, 2.45) is 7.05 Å². The summed E-state index contributed by atoms with van der Waals surface area (Å²) in [6.45, 7) is 0. The van der Waals surface area contributed by atoms with E-state index in [4.69, 9.17) is 9.47 Å². The molecule has 0 unspecified atom stereocenters. The first kappa shape index (κ1) is 21.7. The van der Waals surface area contributed by atoms with E-state index in [-0.39, 0.29) is 11.7 Å². The molecule has 0 saturated heterocycles. The molecule has 0 spiro atoms. The van der Waals surface area contributed by atoms with Gasteiger partial charge >= 0.3 is 0 Å². The van der Waals surface area contributed by atoms with E-state index in [1.165, 1.54) is 11.8 Å². The summed E-state index contributed by atoms with van der Waals surface area (Å²) in [4.78, 5) is 20.4. The molecule has 10 heteroatoms. The third-order valence-electron chi connectivity index (χ3n) is 4.96. The number of imidazole rings is 1. The van der Waals surface area contributed by atoms with Crippen LogP contribution in [0.25, 0.3) is 11.0 Å². The number of fused-ring (bicyclic) bond motifs is 1. The number of hydrogen-bond donors (Lipinski definition) is 2. The number of para-hydroxylation sites is 2. The Morgan fingerprint density at radius 2 is 1.97 bits per heavy atom. The molecule has 0 atom stereocenters. The fourth-order valence-corrected chi connectivity index (χ4v) is 3.99. The second kappa shape index (κ2) is 9.73. The number of nitrogens with one attached hydrogen (secondary N) is 2. The smallest absolute Gasteiger partial charge is 0.234 e. The van der Waals surface area contributed by atoms with Crippen LogP contribution in [-0.2, 0) is 24.7 Å². The second-order valence-electron chi connectivity index (χ2n) is 7.06. The summed E-state index contributed by atoms with van der Waals surface area (Å²) in [6.07, 6.45) is 1.42. The van der Waals surface area contributed by atoms with Gasteiger partial charge in [-0.15, -0.1) is 10.2 Å². The summed E-state index contributed by atoms with van der Waals surface area (Å²) in [5, 5.41) is 12.0. The summed E-state index contributed by atoms with van der Waals surface area (Å²) >= 11 is 1.33. The molecule has 0 bridgehead atoms. The monoisotopic (exact) mass is 452 g/mol. The molecule has 166 valence electrons. The van der Waals surface area contributed by atoms with Gasteiger partial charge in [0.15, 0.2) is 5.16 Å². The maximum Gasteiger partial charge on any atom is 0.234 e. The number of rotatable bonds is 9. The van der Waals surface area contributed by atoms with Gasteiger partial charge in [-0.25, -0.2) is 4.98 Å². The highest BCUT2D eigenvalue weighted by atomic mass is 32.2.